The predicted molar refractivity (Wildman–Crippen MR) is 69.6 cm³/mol. The predicted octanol–water partition coefficient (Wildman–Crippen LogP) is 1.90. The molecule has 1 heterocycles. The van der Waals surface area contributed by atoms with Gasteiger partial charge in [0.2, 0.25) is 0 Å². The van der Waals surface area contributed by atoms with Crippen LogP contribution >= 0.6 is 0 Å². The van der Waals surface area contributed by atoms with E-state index in [1.54, 1.807) is 0 Å². The van der Waals surface area contributed by atoms with Crippen LogP contribution in [0.2, 0.25) is 0 Å². The number of hydrogen-bond acceptors (Lipinski definition) is 3. The quantitative estimate of drug-likeness (QED) is 0.851. The molecule has 1 N–H and O–H groups in total. The summed E-state index contributed by atoms with van der Waals surface area (Å²) in [5, 5.41) is 3.19. The third-order valence-electron chi connectivity index (χ3n) is 3.56. The van der Waals surface area contributed by atoms with Crippen molar-refractivity contribution in [2.45, 2.75) is 19.3 Å². The third-order valence-corrected chi connectivity index (χ3v) is 4.52. The Labute approximate surface area is 108 Å². The number of piperidine rings is 1. The molecule has 0 unspecified atom stereocenters. The first-order chi connectivity index (χ1) is 8.49. The van der Waals surface area contributed by atoms with E-state index in [0.29, 0.717) is 19.3 Å². The van der Waals surface area contributed by atoms with E-state index in [1.165, 1.54) is 0 Å². The average Bonchev–Trinajstić information content (AvgIpc) is 2.28. The molecule has 0 radical (unpaired) electrons. The van der Waals surface area contributed by atoms with Crippen molar-refractivity contribution in [3.63, 3.8) is 0 Å². The molecule has 0 aromatic heterocycles. The first-order valence-electron chi connectivity index (χ1n) is 6.16. The first-order valence-corrected chi connectivity index (χ1v) is 7.71. The molecule has 0 atom stereocenters. The van der Waals surface area contributed by atoms with Crippen LogP contribution < -0.4 is 5.32 Å². The molecule has 0 amide bonds. The molecule has 0 spiro atoms. The zero-order valence-corrected chi connectivity index (χ0v) is 11.0. The molecule has 5 heteroatoms. The van der Waals surface area contributed by atoms with Gasteiger partial charge in [-0.05, 0) is 43.3 Å². The fourth-order valence-corrected chi connectivity index (χ4v) is 3.85. The van der Waals surface area contributed by atoms with Crippen LogP contribution in [-0.4, -0.2) is 27.3 Å². The highest BCUT2D eigenvalue weighted by Crippen LogP contribution is 2.34. The molecule has 1 aromatic rings. The molecule has 1 aliphatic heterocycles. The van der Waals surface area contributed by atoms with Gasteiger partial charge in [-0.3, -0.25) is 0 Å². The van der Waals surface area contributed by atoms with E-state index < -0.39 is 15.6 Å². The van der Waals surface area contributed by atoms with Crippen LogP contribution in [0.4, 0.5) is 3.89 Å². The van der Waals surface area contributed by atoms with E-state index in [2.05, 4.69) is 5.32 Å². The van der Waals surface area contributed by atoms with Crippen LogP contribution in [0.1, 0.15) is 18.4 Å². The van der Waals surface area contributed by atoms with Gasteiger partial charge in [-0.2, -0.15) is 8.42 Å². The zero-order valence-electron chi connectivity index (χ0n) is 10.2. The van der Waals surface area contributed by atoms with E-state index in [4.69, 9.17) is 0 Å². The topological polar surface area (TPSA) is 46.2 Å². The van der Waals surface area contributed by atoms with Crippen LogP contribution in [0, 0.1) is 5.41 Å². The maximum atomic E-state index is 13.1. The van der Waals surface area contributed by atoms with Gasteiger partial charge in [0.05, 0.1) is 5.75 Å². The molecule has 1 aliphatic rings. The normalized spacial score (nSPS) is 19.6. The van der Waals surface area contributed by atoms with Crippen LogP contribution in [0.15, 0.2) is 30.3 Å². The monoisotopic (exact) mass is 271 g/mol. The van der Waals surface area contributed by atoms with Crippen molar-refractivity contribution < 1.29 is 12.3 Å². The SMILES string of the molecule is O=S(=O)(F)CC1(Cc2ccccc2)CCNCC1. The van der Waals surface area contributed by atoms with Gasteiger partial charge >= 0.3 is 10.2 Å². The van der Waals surface area contributed by atoms with Gasteiger partial charge in [-0.25, -0.2) is 0 Å². The Hall–Kier alpha value is -0.940. The average molecular weight is 271 g/mol. The van der Waals surface area contributed by atoms with Gasteiger partial charge < -0.3 is 5.32 Å². The Kier molecular flexibility index (Phi) is 4.02. The largest absolute Gasteiger partial charge is 0.317 e. The Balaban J connectivity index is 2.19. The van der Waals surface area contributed by atoms with Crippen molar-refractivity contribution in [3.8, 4) is 0 Å². The molecule has 1 fully saturated rings. The summed E-state index contributed by atoms with van der Waals surface area (Å²) in [5.41, 5.74) is 0.614. The lowest BCUT2D eigenvalue weighted by Gasteiger charge is -2.36. The van der Waals surface area contributed by atoms with E-state index in [0.717, 1.165) is 18.7 Å². The molecule has 3 nitrogen and oxygen atoms in total. The van der Waals surface area contributed by atoms with E-state index >= 15 is 0 Å². The fraction of sp³-hybridized carbons (Fsp3) is 0.538. The Morgan fingerprint density at radius 3 is 2.33 bits per heavy atom. The van der Waals surface area contributed by atoms with E-state index in [-0.39, 0.29) is 5.75 Å². The second-order valence-corrected chi connectivity index (χ2v) is 6.46. The van der Waals surface area contributed by atoms with Gasteiger partial charge in [0, 0.05) is 0 Å². The van der Waals surface area contributed by atoms with Crippen LogP contribution in [0.25, 0.3) is 0 Å². The number of hydrogen-bond donors (Lipinski definition) is 1. The highest BCUT2D eigenvalue weighted by Gasteiger charge is 2.36. The number of halogens is 1. The summed E-state index contributed by atoms with van der Waals surface area (Å²) in [6.45, 7) is 1.50. The first kappa shape index (κ1) is 13.5. The Morgan fingerprint density at radius 2 is 1.78 bits per heavy atom. The minimum absolute atomic E-state index is 0.365. The number of nitrogens with one attached hydrogen (secondary N) is 1. The summed E-state index contributed by atoms with van der Waals surface area (Å²) in [7, 11) is -4.43. The summed E-state index contributed by atoms with van der Waals surface area (Å²) in [5.74, 6) is -0.365. The van der Waals surface area contributed by atoms with Gasteiger partial charge in [-0.15, -0.1) is 3.89 Å². The number of benzene rings is 1. The lowest BCUT2D eigenvalue weighted by molar-refractivity contribution is 0.229. The van der Waals surface area contributed by atoms with Gasteiger partial charge in [-0.1, -0.05) is 30.3 Å². The summed E-state index contributed by atoms with van der Waals surface area (Å²) in [4.78, 5) is 0. The Bertz CT molecular complexity index is 481. The van der Waals surface area contributed by atoms with Crippen molar-refractivity contribution in [1.29, 1.82) is 0 Å². The van der Waals surface area contributed by atoms with Crippen LogP contribution in [0.3, 0.4) is 0 Å². The maximum Gasteiger partial charge on any atom is 0.302 e. The minimum atomic E-state index is -4.43. The highest BCUT2D eigenvalue weighted by molar-refractivity contribution is 7.86. The van der Waals surface area contributed by atoms with Crippen molar-refractivity contribution in [2.24, 2.45) is 5.41 Å². The summed E-state index contributed by atoms with van der Waals surface area (Å²) >= 11 is 0. The molecule has 0 bridgehead atoms. The second-order valence-electron chi connectivity index (χ2n) is 5.10. The Morgan fingerprint density at radius 1 is 1.17 bits per heavy atom. The van der Waals surface area contributed by atoms with E-state index in [9.17, 15) is 12.3 Å². The third kappa shape index (κ3) is 3.78. The van der Waals surface area contributed by atoms with Crippen molar-refractivity contribution >= 4 is 10.2 Å². The molecule has 0 saturated carbocycles. The maximum absolute atomic E-state index is 13.1. The fourth-order valence-electron chi connectivity index (χ4n) is 2.72. The lowest BCUT2D eigenvalue weighted by atomic mass is 9.76. The van der Waals surface area contributed by atoms with Crippen molar-refractivity contribution in [3.05, 3.63) is 35.9 Å². The summed E-state index contributed by atoms with van der Waals surface area (Å²) in [6.07, 6.45) is 2.02. The minimum Gasteiger partial charge on any atom is -0.317 e. The number of rotatable bonds is 4. The molecular formula is C13H18FNO2S. The molecular weight excluding hydrogens is 253 g/mol. The standard InChI is InChI=1S/C13H18FNO2S/c14-18(16,17)11-13(6-8-15-9-7-13)10-12-4-2-1-3-5-12/h1-5,15H,6-11H2. The molecule has 1 aromatic carbocycles. The molecule has 100 valence electrons. The van der Waals surface area contributed by atoms with Gasteiger partial charge in [0.15, 0.2) is 0 Å². The molecule has 1 saturated heterocycles. The summed E-state index contributed by atoms with van der Waals surface area (Å²) < 4.78 is 35.1. The summed E-state index contributed by atoms with van der Waals surface area (Å²) in [6, 6.07) is 9.70. The molecule has 18 heavy (non-hydrogen) atoms. The van der Waals surface area contributed by atoms with Gasteiger partial charge in [0.25, 0.3) is 0 Å². The van der Waals surface area contributed by atoms with E-state index in [1.807, 2.05) is 30.3 Å². The smallest absolute Gasteiger partial charge is 0.302 e. The van der Waals surface area contributed by atoms with Crippen molar-refractivity contribution in [1.82, 2.24) is 5.32 Å². The lowest BCUT2D eigenvalue weighted by Crippen LogP contribution is -2.42. The molecule has 0 aliphatic carbocycles. The second kappa shape index (κ2) is 5.36. The highest BCUT2D eigenvalue weighted by atomic mass is 32.3. The van der Waals surface area contributed by atoms with Crippen LogP contribution in [0.5, 0.6) is 0 Å². The van der Waals surface area contributed by atoms with Crippen molar-refractivity contribution in [2.75, 3.05) is 18.8 Å². The molecule has 2 rings (SSSR count). The zero-order chi connectivity index (χ0) is 13.1. The van der Waals surface area contributed by atoms with Gasteiger partial charge in [0.1, 0.15) is 0 Å². The van der Waals surface area contributed by atoms with Crippen LogP contribution in [-0.2, 0) is 16.6 Å².